The smallest absolute Gasteiger partial charge is 0.244 e. The average molecular weight is 293 g/mol. The maximum absolute atomic E-state index is 4.65. The van der Waals surface area contributed by atoms with Crippen molar-refractivity contribution in [2.45, 2.75) is 71.3 Å². The highest BCUT2D eigenvalue weighted by atomic mass is 15.4. The first-order chi connectivity index (χ1) is 10.3. The Balaban J connectivity index is 1.64. The zero-order chi connectivity index (χ0) is 14.9. The van der Waals surface area contributed by atoms with Gasteiger partial charge in [0.25, 0.3) is 0 Å². The topological polar surface area (TPSA) is 56.8 Å². The second-order valence-corrected chi connectivity index (χ2v) is 6.25. The molecule has 1 atom stereocenters. The number of aromatic amines is 1. The molecule has 0 amide bonds. The first kappa shape index (κ1) is 16.3. The predicted octanol–water partition coefficient (Wildman–Crippen LogP) is 2.90. The van der Waals surface area contributed by atoms with E-state index in [1.165, 1.54) is 44.9 Å². The van der Waals surface area contributed by atoms with E-state index in [1.807, 2.05) is 0 Å². The lowest BCUT2D eigenvalue weighted by Gasteiger charge is -2.30. The summed E-state index contributed by atoms with van der Waals surface area (Å²) in [6.07, 6.45) is 10.4. The summed E-state index contributed by atoms with van der Waals surface area (Å²) in [5.41, 5.74) is 0. The normalized spacial score (nSPS) is 19.1. The van der Waals surface area contributed by atoms with Crippen LogP contribution in [0.15, 0.2) is 0 Å². The van der Waals surface area contributed by atoms with E-state index in [4.69, 9.17) is 0 Å². The van der Waals surface area contributed by atoms with Gasteiger partial charge >= 0.3 is 0 Å². The molecule has 0 bridgehead atoms. The van der Waals surface area contributed by atoms with Crippen LogP contribution in [0.25, 0.3) is 0 Å². The summed E-state index contributed by atoms with van der Waals surface area (Å²) in [6.45, 7) is 7.48. The number of hydrogen-bond acceptors (Lipinski definition) is 4. The number of aromatic nitrogens is 3. The molecule has 0 saturated carbocycles. The summed E-state index contributed by atoms with van der Waals surface area (Å²) in [5, 5.41) is 10.9. The number of anilines is 1. The molecule has 2 rings (SSSR count). The molecule has 0 unspecified atom stereocenters. The Hall–Kier alpha value is -1.10. The van der Waals surface area contributed by atoms with Crippen molar-refractivity contribution in [1.82, 2.24) is 20.5 Å². The van der Waals surface area contributed by atoms with Gasteiger partial charge < -0.3 is 10.2 Å². The molecule has 1 aliphatic heterocycles. The molecule has 2 heterocycles. The third-order valence-corrected chi connectivity index (χ3v) is 4.19. The summed E-state index contributed by atoms with van der Waals surface area (Å²) in [4.78, 5) is 6.92. The van der Waals surface area contributed by atoms with Gasteiger partial charge in [-0.1, -0.05) is 45.4 Å². The monoisotopic (exact) mass is 293 g/mol. The van der Waals surface area contributed by atoms with Crippen molar-refractivity contribution in [2.75, 3.05) is 24.5 Å². The zero-order valence-electron chi connectivity index (χ0n) is 13.7. The number of nitrogens with one attached hydrogen (secondary N) is 2. The minimum Gasteiger partial charge on any atom is -0.337 e. The fourth-order valence-corrected chi connectivity index (χ4v) is 2.90. The first-order valence-corrected chi connectivity index (χ1v) is 8.69. The van der Waals surface area contributed by atoms with E-state index in [1.54, 1.807) is 0 Å². The number of unbranched alkanes of at least 4 members (excludes halogenated alkanes) is 6. The number of aryl methyl sites for hydroxylation is 1. The van der Waals surface area contributed by atoms with Gasteiger partial charge in [-0.2, -0.15) is 4.98 Å². The van der Waals surface area contributed by atoms with Crippen molar-refractivity contribution in [3.63, 3.8) is 0 Å². The average Bonchev–Trinajstić information content (AvgIpc) is 2.95. The van der Waals surface area contributed by atoms with Gasteiger partial charge in [-0.3, -0.25) is 5.10 Å². The predicted molar refractivity (Wildman–Crippen MR) is 87.8 cm³/mol. The Kier molecular flexibility index (Phi) is 7.00. The summed E-state index contributed by atoms with van der Waals surface area (Å²) in [5.74, 6) is 1.92. The van der Waals surface area contributed by atoms with Gasteiger partial charge in [-0.05, 0) is 13.3 Å². The van der Waals surface area contributed by atoms with Crippen molar-refractivity contribution >= 4 is 5.95 Å². The van der Waals surface area contributed by atoms with Gasteiger partial charge in [-0.15, -0.1) is 5.10 Å². The number of piperazine rings is 1. The summed E-state index contributed by atoms with van der Waals surface area (Å²) in [7, 11) is 0. The molecule has 1 fully saturated rings. The largest absolute Gasteiger partial charge is 0.337 e. The molecular formula is C16H31N5. The standard InChI is InChI=1S/C16H31N5/c1-3-4-5-6-7-8-9-10-15-18-16(20-19-15)21-12-11-17-14(2)13-21/h14,17H,3-13H2,1-2H3,(H,18,19,20)/t14-/m0/s1. The molecule has 0 aromatic carbocycles. The fraction of sp³-hybridized carbons (Fsp3) is 0.875. The van der Waals surface area contributed by atoms with Crippen LogP contribution in [0.4, 0.5) is 5.95 Å². The van der Waals surface area contributed by atoms with Crippen molar-refractivity contribution < 1.29 is 0 Å². The second kappa shape index (κ2) is 9.03. The highest BCUT2D eigenvalue weighted by Gasteiger charge is 2.19. The SMILES string of the molecule is CCCCCCCCCc1nc(N2CCN[C@@H](C)C2)n[nH]1. The molecule has 5 heteroatoms. The highest BCUT2D eigenvalue weighted by Crippen LogP contribution is 2.12. The third kappa shape index (κ3) is 5.65. The number of nitrogens with zero attached hydrogens (tertiary/aromatic N) is 3. The maximum atomic E-state index is 4.65. The van der Waals surface area contributed by atoms with E-state index in [2.05, 4.69) is 39.2 Å². The van der Waals surface area contributed by atoms with Crippen LogP contribution in [-0.2, 0) is 6.42 Å². The zero-order valence-corrected chi connectivity index (χ0v) is 13.7. The minimum absolute atomic E-state index is 0.517. The molecule has 21 heavy (non-hydrogen) atoms. The van der Waals surface area contributed by atoms with E-state index in [9.17, 15) is 0 Å². The quantitative estimate of drug-likeness (QED) is 0.687. The van der Waals surface area contributed by atoms with Gasteiger partial charge in [0, 0.05) is 32.1 Å². The lowest BCUT2D eigenvalue weighted by molar-refractivity contribution is 0.479. The molecule has 1 aliphatic rings. The van der Waals surface area contributed by atoms with Crippen LogP contribution in [0.2, 0.25) is 0 Å². The van der Waals surface area contributed by atoms with E-state index in [0.29, 0.717) is 6.04 Å². The molecule has 1 saturated heterocycles. The van der Waals surface area contributed by atoms with E-state index < -0.39 is 0 Å². The Bertz CT molecular complexity index is 390. The maximum Gasteiger partial charge on any atom is 0.244 e. The summed E-state index contributed by atoms with van der Waals surface area (Å²) in [6, 6.07) is 0.517. The van der Waals surface area contributed by atoms with Crippen molar-refractivity contribution in [3.8, 4) is 0 Å². The molecule has 0 spiro atoms. The van der Waals surface area contributed by atoms with Gasteiger partial charge in [0.05, 0.1) is 0 Å². The number of rotatable bonds is 9. The molecule has 120 valence electrons. The lowest BCUT2D eigenvalue weighted by Crippen LogP contribution is -2.49. The van der Waals surface area contributed by atoms with Crippen LogP contribution in [0, 0.1) is 0 Å². The molecule has 1 aromatic rings. The van der Waals surface area contributed by atoms with Gasteiger partial charge in [0.2, 0.25) is 5.95 Å². The Morgan fingerprint density at radius 3 is 2.67 bits per heavy atom. The van der Waals surface area contributed by atoms with Gasteiger partial charge in [0.1, 0.15) is 5.82 Å². The first-order valence-electron chi connectivity index (χ1n) is 8.69. The van der Waals surface area contributed by atoms with Crippen LogP contribution in [0.3, 0.4) is 0 Å². The van der Waals surface area contributed by atoms with E-state index in [0.717, 1.165) is 37.8 Å². The van der Waals surface area contributed by atoms with Crippen LogP contribution < -0.4 is 10.2 Å². The van der Waals surface area contributed by atoms with E-state index in [-0.39, 0.29) is 0 Å². The Morgan fingerprint density at radius 2 is 1.90 bits per heavy atom. The summed E-state index contributed by atoms with van der Waals surface area (Å²) >= 11 is 0. The van der Waals surface area contributed by atoms with Crippen molar-refractivity contribution in [2.24, 2.45) is 0 Å². The van der Waals surface area contributed by atoms with Crippen molar-refractivity contribution in [3.05, 3.63) is 5.82 Å². The molecular weight excluding hydrogens is 262 g/mol. The Labute approximate surface area is 128 Å². The van der Waals surface area contributed by atoms with Crippen molar-refractivity contribution in [1.29, 1.82) is 0 Å². The van der Waals surface area contributed by atoms with Crippen LogP contribution >= 0.6 is 0 Å². The fourth-order valence-electron chi connectivity index (χ4n) is 2.90. The van der Waals surface area contributed by atoms with E-state index >= 15 is 0 Å². The van der Waals surface area contributed by atoms with Crippen LogP contribution in [0.5, 0.6) is 0 Å². The third-order valence-electron chi connectivity index (χ3n) is 4.19. The Morgan fingerprint density at radius 1 is 1.14 bits per heavy atom. The second-order valence-electron chi connectivity index (χ2n) is 6.25. The van der Waals surface area contributed by atoms with Gasteiger partial charge in [-0.25, -0.2) is 0 Å². The number of hydrogen-bond donors (Lipinski definition) is 2. The lowest BCUT2D eigenvalue weighted by atomic mass is 10.1. The molecule has 5 nitrogen and oxygen atoms in total. The number of H-pyrrole nitrogens is 1. The van der Waals surface area contributed by atoms with Crippen LogP contribution in [0.1, 0.15) is 64.6 Å². The van der Waals surface area contributed by atoms with Crippen LogP contribution in [-0.4, -0.2) is 40.9 Å². The molecule has 0 radical (unpaired) electrons. The highest BCUT2D eigenvalue weighted by molar-refractivity contribution is 5.30. The molecule has 1 aromatic heterocycles. The molecule has 2 N–H and O–H groups in total. The molecule has 0 aliphatic carbocycles. The minimum atomic E-state index is 0.517. The summed E-state index contributed by atoms with van der Waals surface area (Å²) < 4.78 is 0. The van der Waals surface area contributed by atoms with Gasteiger partial charge in [0.15, 0.2) is 0 Å².